The molecular formula is C17H15NO. The van der Waals surface area contributed by atoms with E-state index >= 15 is 0 Å². The van der Waals surface area contributed by atoms with Crippen LogP contribution in [0.25, 0.3) is 21.9 Å². The van der Waals surface area contributed by atoms with Gasteiger partial charge < -0.3 is 10.5 Å². The molecule has 2 N–H and O–H groups in total. The molecule has 2 heteroatoms. The molecular weight excluding hydrogens is 234 g/mol. The van der Waals surface area contributed by atoms with E-state index in [9.17, 15) is 0 Å². The van der Waals surface area contributed by atoms with Gasteiger partial charge in [0.25, 0.3) is 0 Å². The number of fused-ring (bicyclic) bond motifs is 1. The van der Waals surface area contributed by atoms with Gasteiger partial charge in [-0.2, -0.15) is 0 Å². The largest absolute Gasteiger partial charge is 0.496 e. The standard InChI is InChI=1S/C17H15NO/c1-19-17-11-10-13(12-6-2-3-8-15(12)17)14-7-4-5-9-16(14)18/h2-11H,18H2,1H3. The summed E-state index contributed by atoms with van der Waals surface area (Å²) in [6.07, 6.45) is 0. The van der Waals surface area contributed by atoms with E-state index in [4.69, 9.17) is 10.5 Å². The third-order valence-electron chi connectivity index (χ3n) is 3.35. The van der Waals surface area contributed by atoms with Gasteiger partial charge in [-0.3, -0.25) is 0 Å². The zero-order valence-corrected chi connectivity index (χ0v) is 10.8. The maximum absolute atomic E-state index is 6.08. The molecule has 0 radical (unpaired) electrons. The quantitative estimate of drug-likeness (QED) is 0.694. The Morgan fingerprint density at radius 1 is 0.737 bits per heavy atom. The van der Waals surface area contributed by atoms with Crippen LogP contribution in [0.15, 0.2) is 60.7 Å². The molecule has 3 aromatic carbocycles. The summed E-state index contributed by atoms with van der Waals surface area (Å²) in [7, 11) is 1.69. The Morgan fingerprint density at radius 3 is 2.16 bits per heavy atom. The van der Waals surface area contributed by atoms with Gasteiger partial charge in [0.05, 0.1) is 7.11 Å². The van der Waals surface area contributed by atoms with E-state index in [0.29, 0.717) is 0 Å². The van der Waals surface area contributed by atoms with Crippen molar-refractivity contribution in [2.75, 3.05) is 12.8 Å². The summed E-state index contributed by atoms with van der Waals surface area (Å²) in [4.78, 5) is 0. The lowest BCUT2D eigenvalue weighted by Gasteiger charge is -2.12. The molecule has 0 heterocycles. The number of rotatable bonds is 2. The van der Waals surface area contributed by atoms with Crippen molar-refractivity contribution in [1.29, 1.82) is 0 Å². The summed E-state index contributed by atoms with van der Waals surface area (Å²) in [5, 5.41) is 2.26. The minimum Gasteiger partial charge on any atom is -0.496 e. The highest BCUT2D eigenvalue weighted by atomic mass is 16.5. The number of anilines is 1. The second-order valence-electron chi connectivity index (χ2n) is 4.45. The van der Waals surface area contributed by atoms with Crippen molar-refractivity contribution in [2.24, 2.45) is 0 Å². The first-order chi connectivity index (χ1) is 9.31. The van der Waals surface area contributed by atoms with E-state index < -0.39 is 0 Å². The zero-order chi connectivity index (χ0) is 13.2. The molecule has 0 bridgehead atoms. The summed E-state index contributed by atoms with van der Waals surface area (Å²) >= 11 is 0. The van der Waals surface area contributed by atoms with Crippen LogP contribution in [0.3, 0.4) is 0 Å². The number of hydrogen-bond acceptors (Lipinski definition) is 2. The van der Waals surface area contributed by atoms with Gasteiger partial charge in [0.2, 0.25) is 0 Å². The average molecular weight is 249 g/mol. The smallest absolute Gasteiger partial charge is 0.126 e. The molecule has 0 amide bonds. The highest BCUT2D eigenvalue weighted by Crippen LogP contribution is 2.36. The molecule has 0 aliphatic heterocycles. The molecule has 0 spiro atoms. The number of nitrogen functional groups attached to an aromatic ring is 1. The topological polar surface area (TPSA) is 35.2 Å². The van der Waals surface area contributed by atoms with Crippen LogP contribution in [0.2, 0.25) is 0 Å². The van der Waals surface area contributed by atoms with Crippen molar-refractivity contribution in [3.8, 4) is 16.9 Å². The Balaban J connectivity index is 2.35. The van der Waals surface area contributed by atoms with Crippen molar-refractivity contribution in [1.82, 2.24) is 0 Å². The zero-order valence-electron chi connectivity index (χ0n) is 10.8. The van der Waals surface area contributed by atoms with Crippen LogP contribution in [0, 0.1) is 0 Å². The second kappa shape index (κ2) is 4.65. The highest BCUT2D eigenvalue weighted by Gasteiger charge is 2.09. The molecule has 0 aliphatic rings. The molecule has 0 aliphatic carbocycles. The van der Waals surface area contributed by atoms with Crippen molar-refractivity contribution in [3.63, 3.8) is 0 Å². The first-order valence-electron chi connectivity index (χ1n) is 6.22. The van der Waals surface area contributed by atoms with Crippen LogP contribution in [0.5, 0.6) is 5.75 Å². The number of para-hydroxylation sites is 1. The van der Waals surface area contributed by atoms with Crippen molar-refractivity contribution >= 4 is 16.5 Å². The fraction of sp³-hybridized carbons (Fsp3) is 0.0588. The molecule has 94 valence electrons. The Hall–Kier alpha value is -2.48. The lowest BCUT2D eigenvalue weighted by Crippen LogP contribution is -1.91. The van der Waals surface area contributed by atoms with Crippen LogP contribution in [0.1, 0.15) is 0 Å². The first-order valence-corrected chi connectivity index (χ1v) is 6.22. The summed E-state index contributed by atoms with van der Waals surface area (Å²) in [6, 6.07) is 20.2. The highest BCUT2D eigenvalue weighted by molar-refractivity contribution is 6.02. The van der Waals surface area contributed by atoms with Crippen LogP contribution >= 0.6 is 0 Å². The lowest BCUT2D eigenvalue weighted by molar-refractivity contribution is 0.420. The second-order valence-corrected chi connectivity index (χ2v) is 4.45. The Kier molecular flexibility index (Phi) is 2.84. The van der Waals surface area contributed by atoms with Crippen LogP contribution in [-0.2, 0) is 0 Å². The molecule has 2 nitrogen and oxygen atoms in total. The van der Waals surface area contributed by atoms with Gasteiger partial charge in [-0.15, -0.1) is 0 Å². The normalized spacial score (nSPS) is 10.6. The van der Waals surface area contributed by atoms with E-state index in [1.165, 1.54) is 0 Å². The lowest BCUT2D eigenvalue weighted by atomic mass is 9.96. The molecule has 0 atom stereocenters. The first kappa shape index (κ1) is 11.6. The van der Waals surface area contributed by atoms with Gasteiger partial charge in [0, 0.05) is 16.6 Å². The SMILES string of the molecule is COc1ccc(-c2ccccc2N)c2ccccc12. The molecule has 0 unspecified atom stereocenters. The number of methoxy groups -OCH3 is 1. The van der Waals surface area contributed by atoms with Gasteiger partial charge in [-0.25, -0.2) is 0 Å². The van der Waals surface area contributed by atoms with Crippen LogP contribution < -0.4 is 10.5 Å². The molecule has 0 saturated heterocycles. The predicted octanol–water partition coefficient (Wildman–Crippen LogP) is 4.10. The van der Waals surface area contributed by atoms with E-state index in [1.807, 2.05) is 42.5 Å². The maximum atomic E-state index is 6.08. The Morgan fingerprint density at radius 2 is 1.42 bits per heavy atom. The van der Waals surface area contributed by atoms with Gasteiger partial charge in [-0.05, 0) is 29.1 Å². The number of ether oxygens (including phenoxy) is 1. The van der Waals surface area contributed by atoms with Crippen molar-refractivity contribution in [2.45, 2.75) is 0 Å². The number of benzene rings is 3. The molecule has 0 aromatic heterocycles. The van der Waals surface area contributed by atoms with E-state index in [2.05, 4.69) is 18.2 Å². The fourth-order valence-electron chi connectivity index (χ4n) is 2.43. The minimum atomic E-state index is 0.790. The monoisotopic (exact) mass is 249 g/mol. The summed E-state index contributed by atoms with van der Waals surface area (Å²) in [6.45, 7) is 0. The maximum Gasteiger partial charge on any atom is 0.126 e. The number of hydrogen-bond donors (Lipinski definition) is 1. The van der Waals surface area contributed by atoms with Gasteiger partial charge in [-0.1, -0.05) is 42.5 Å². The van der Waals surface area contributed by atoms with Gasteiger partial charge >= 0.3 is 0 Å². The van der Waals surface area contributed by atoms with Crippen LogP contribution in [0.4, 0.5) is 5.69 Å². The third-order valence-corrected chi connectivity index (χ3v) is 3.35. The van der Waals surface area contributed by atoms with E-state index in [0.717, 1.165) is 33.3 Å². The fourth-order valence-corrected chi connectivity index (χ4v) is 2.43. The van der Waals surface area contributed by atoms with Crippen molar-refractivity contribution < 1.29 is 4.74 Å². The number of nitrogens with two attached hydrogens (primary N) is 1. The van der Waals surface area contributed by atoms with E-state index in [-0.39, 0.29) is 0 Å². The van der Waals surface area contributed by atoms with Gasteiger partial charge in [0.15, 0.2) is 0 Å². The predicted molar refractivity (Wildman–Crippen MR) is 80.3 cm³/mol. The summed E-state index contributed by atoms with van der Waals surface area (Å²) in [5.74, 6) is 0.883. The minimum absolute atomic E-state index is 0.790. The van der Waals surface area contributed by atoms with Gasteiger partial charge in [0.1, 0.15) is 5.75 Å². The Labute approximate surface area is 112 Å². The Bertz CT molecular complexity index is 734. The van der Waals surface area contributed by atoms with Crippen molar-refractivity contribution in [3.05, 3.63) is 60.7 Å². The molecule has 19 heavy (non-hydrogen) atoms. The average Bonchev–Trinajstić information content (AvgIpc) is 2.47. The third kappa shape index (κ3) is 1.91. The molecule has 3 aromatic rings. The molecule has 0 saturated carbocycles. The van der Waals surface area contributed by atoms with E-state index in [1.54, 1.807) is 7.11 Å². The molecule has 3 rings (SSSR count). The molecule has 0 fully saturated rings. The summed E-state index contributed by atoms with van der Waals surface area (Å²) < 4.78 is 5.42. The van der Waals surface area contributed by atoms with Crippen LogP contribution in [-0.4, -0.2) is 7.11 Å². The summed E-state index contributed by atoms with van der Waals surface area (Å²) in [5.41, 5.74) is 9.06.